The van der Waals surface area contributed by atoms with E-state index in [1.165, 1.54) is 11.4 Å². The molecule has 0 bridgehead atoms. The minimum atomic E-state index is -3.54. The molecule has 1 aliphatic rings. The Kier molecular flexibility index (Phi) is 5.73. The quantitative estimate of drug-likeness (QED) is 0.793. The highest BCUT2D eigenvalue weighted by Gasteiger charge is 2.31. The van der Waals surface area contributed by atoms with Gasteiger partial charge < -0.3 is 9.47 Å². The molecular formula is C19H23NO4S. The van der Waals surface area contributed by atoms with Crippen molar-refractivity contribution in [1.82, 2.24) is 4.31 Å². The largest absolute Gasteiger partial charge is 0.495 e. The van der Waals surface area contributed by atoms with Gasteiger partial charge in [0.15, 0.2) is 0 Å². The van der Waals surface area contributed by atoms with Crippen molar-refractivity contribution >= 4 is 10.0 Å². The monoisotopic (exact) mass is 361 g/mol. The zero-order valence-corrected chi connectivity index (χ0v) is 15.1. The van der Waals surface area contributed by atoms with Crippen LogP contribution in [0, 0.1) is 0 Å². The van der Waals surface area contributed by atoms with E-state index >= 15 is 0 Å². The van der Waals surface area contributed by atoms with Crippen molar-refractivity contribution in [3.8, 4) is 5.75 Å². The Labute approximate surface area is 149 Å². The molecule has 1 saturated heterocycles. The van der Waals surface area contributed by atoms with Crippen molar-refractivity contribution in [2.75, 3.05) is 20.2 Å². The van der Waals surface area contributed by atoms with Gasteiger partial charge in [-0.05, 0) is 30.5 Å². The maximum Gasteiger partial charge on any atom is 0.246 e. The summed E-state index contributed by atoms with van der Waals surface area (Å²) in [5.41, 5.74) is 1.13. The number of hydrogen-bond donors (Lipinski definition) is 0. The first-order valence-corrected chi connectivity index (χ1v) is 9.84. The Morgan fingerprint density at radius 1 is 1.00 bits per heavy atom. The van der Waals surface area contributed by atoms with Gasteiger partial charge >= 0.3 is 0 Å². The van der Waals surface area contributed by atoms with Gasteiger partial charge in [-0.15, -0.1) is 0 Å². The summed E-state index contributed by atoms with van der Waals surface area (Å²) in [4.78, 5) is 0.223. The molecule has 0 unspecified atom stereocenters. The van der Waals surface area contributed by atoms with E-state index in [9.17, 15) is 8.42 Å². The molecule has 0 N–H and O–H groups in total. The van der Waals surface area contributed by atoms with Crippen molar-refractivity contribution in [2.45, 2.75) is 30.4 Å². The molecule has 3 rings (SSSR count). The zero-order valence-electron chi connectivity index (χ0n) is 14.3. The predicted octanol–water partition coefficient (Wildman–Crippen LogP) is 3.07. The second-order valence-corrected chi connectivity index (χ2v) is 7.96. The van der Waals surface area contributed by atoms with E-state index in [1.807, 2.05) is 30.3 Å². The minimum absolute atomic E-state index is 0.0873. The van der Waals surface area contributed by atoms with Crippen LogP contribution in [0.3, 0.4) is 0 Å². The fourth-order valence-corrected chi connectivity index (χ4v) is 4.62. The molecule has 0 aromatic heterocycles. The van der Waals surface area contributed by atoms with Gasteiger partial charge in [-0.2, -0.15) is 4.31 Å². The van der Waals surface area contributed by atoms with Gasteiger partial charge in [-0.3, -0.25) is 0 Å². The molecule has 1 fully saturated rings. The van der Waals surface area contributed by atoms with Crippen LogP contribution in [0.1, 0.15) is 18.4 Å². The number of piperidine rings is 1. The number of ether oxygens (including phenoxy) is 2. The lowest BCUT2D eigenvalue weighted by Gasteiger charge is -2.31. The molecule has 0 atom stereocenters. The van der Waals surface area contributed by atoms with E-state index in [4.69, 9.17) is 9.47 Å². The summed E-state index contributed by atoms with van der Waals surface area (Å²) in [5.74, 6) is 0.380. The molecule has 1 aliphatic heterocycles. The molecule has 0 aliphatic carbocycles. The summed E-state index contributed by atoms with van der Waals surface area (Å²) in [6.07, 6.45) is 1.48. The van der Waals surface area contributed by atoms with Gasteiger partial charge in [-0.1, -0.05) is 42.5 Å². The molecule has 1 heterocycles. The first kappa shape index (κ1) is 17.9. The molecular weight excluding hydrogens is 338 g/mol. The van der Waals surface area contributed by atoms with Crippen molar-refractivity contribution in [2.24, 2.45) is 0 Å². The molecule has 2 aromatic rings. The number of rotatable bonds is 6. The number of nitrogens with zero attached hydrogens (tertiary/aromatic N) is 1. The number of hydrogen-bond acceptors (Lipinski definition) is 4. The van der Waals surface area contributed by atoms with Gasteiger partial charge in [-0.25, -0.2) is 8.42 Å². The molecule has 0 spiro atoms. The fourth-order valence-electron chi connectivity index (χ4n) is 3.00. The van der Waals surface area contributed by atoms with Crippen LogP contribution in [-0.2, 0) is 21.4 Å². The fraction of sp³-hybridized carbons (Fsp3) is 0.368. The number of methoxy groups -OCH3 is 1. The second kappa shape index (κ2) is 7.99. The number of benzene rings is 2. The molecule has 0 amide bonds. The van der Waals surface area contributed by atoms with E-state index in [0.717, 1.165) is 5.56 Å². The normalized spacial score (nSPS) is 16.7. The van der Waals surface area contributed by atoms with Gasteiger partial charge in [0.2, 0.25) is 10.0 Å². The lowest BCUT2D eigenvalue weighted by atomic mass is 10.1. The first-order valence-electron chi connectivity index (χ1n) is 8.40. The summed E-state index contributed by atoms with van der Waals surface area (Å²) < 4.78 is 38.4. The van der Waals surface area contributed by atoms with E-state index in [2.05, 4.69) is 0 Å². The van der Waals surface area contributed by atoms with Crippen LogP contribution in [0.4, 0.5) is 0 Å². The van der Waals surface area contributed by atoms with Crippen molar-refractivity contribution in [3.05, 3.63) is 60.2 Å². The zero-order chi connectivity index (χ0) is 17.7. The third-order valence-electron chi connectivity index (χ3n) is 4.42. The molecule has 0 radical (unpaired) electrons. The Bertz CT molecular complexity index is 784. The molecule has 6 heteroatoms. The standard InChI is InChI=1S/C19H23NO4S/c1-23-18-9-5-6-10-19(18)25(21,22)20-13-11-17(12-14-20)24-15-16-7-3-2-4-8-16/h2-10,17H,11-15H2,1H3. The van der Waals surface area contributed by atoms with Crippen LogP contribution in [0.25, 0.3) is 0 Å². The Morgan fingerprint density at radius 3 is 2.32 bits per heavy atom. The summed E-state index contributed by atoms with van der Waals surface area (Å²) >= 11 is 0. The molecule has 25 heavy (non-hydrogen) atoms. The van der Waals surface area contributed by atoms with Crippen LogP contribution in [0.2, 0.25) is 0 Å². The lowest BCUT2D eigenvalue weighted by Crippen LogP contribution is -2.40. The Balaban J connectivity index is 1.60. The third-order valence-corrected chi connectivity index (χ3v) is 6.35. The number of sulfonamides is 1. The molecule has 134 valence electrons. The van der Waals surface area contributed by atoms with E-state index < -0.39 is 10.0 Å². The van der Waals surface area contributed by atoms with Crippen LogP contribution in [0.15, 0.2) is 59.5 Å². The average molecular weight is 361 g/mol. The Morgan fingerprint density at radius 2 is 1.64 bits per heavy atom. The summed E-state index contributed by atoms with van der Waals surface area (Å²) in [7, 11) is -2.06. The van der Waals surface area contributed by atoms with Gasteiger partial charge in [0.05, 0.1) is 19.8 Å². The van der Waals surface area contributed by atoms with Crippen LogP contribution < -0.4 is 4.74 Å². The van der Waals surface area contributed by atoms with Crippen LogP contribution >= 0.6 is 0 Å². The minimum Gasteiger partial charge on any atom is -0.495 e. The highest BCUT2D eigenvalue weighted by Crippen LogP contribution is 2.28. The molecule has 5 nitrogen and oxygen atoms in total. The van der Waals surface area contributed by atoms with E-state index in [1.54, 1.807) is 24.3 Å². The first-order chi connectivity index (χ1) is 12.1. The SMILES string of the molecule is COc1ccccc1S(=O)(=O)N1CCC(OCc2ccccc2)CC1. The maximum atomic E-state index is 12.9. The van der Waals surface area contributed by atoms with Crippen molar-refractivity contribution < 1.29 is 17.9 Å². The summed E-state index contributed by atoms with van der Waals surface area (Å²) in [6.45, 7) is 1.48. The Hall–Kier alpha value is -1.89. The topological polar surface area (TPSA) is 55.8 Å². The number of para-hydroxylation sites is 1. The lowest BCUT2D eigenvalue weighted by molar-refractivity contribution is 0.0102. The highest BCUT2D eigenvalue weighted by molar-refractivity contribution is 7.89. The summed E-state index contributed by atoms with van der Waals surface area (Å²) in [5, 5.41) is 0. The molecule has 0 saturated carbocycles. The van der Waals surface area contributed by atoms with Crippen LogP contribution in [-0.4, -0.2) is 39.0 Å². The average Bonchev–Trinajstić information content (AvgIpc) is 2.67. The predicted molar refractivity (Wildman–Crippen MR) is 96.0 cm³/mol. The van der Waals surface area contributed by atoms with Crippen molar-refractivity contribution in [3.63, 3.8) is 0 Å². The summed E-state index contributed by atoms with van der Waals surface area (Å²) in [6, 6.07) is 16.7. The smallest absolute Gasteiger partial charge is 0.246 e. The second-order valence-electron chi connectivity index (χ2n) is 6.05. The van der Waals surface area contributed by atoms with Gasteiger partial charge in [0.1, 0.15) is 10.6 Å². The highest BCUT2D eigenvalue weighted by atomic mass is 32.2. The van der Waals surface area contributed by atoms with Crippen molar-refractivity contribution in [1.29, 1.82) is 0 Å². The maximum absolute atomic E-state index is 12.9. The van der Waals surface area contributed by atoms with E-state index in [0.29, 0.717) is 38.3 Å². The van der Waals surface area contributed by atoms with Gasteiger partial charge in [0.25, 0.3) is 0 Å². The van der Waals surface area contributed by atoms with Crippen LogP contribution in [0.5, 0.6) is 5.75 Å². The molecule has 2 aromatic carbocycles. The third kappa shape index (κ3) is 4.21. The van der Waals surface area contributed by atoms with E-state index in [-0.39, 0.29) is 11.0 Å². The van der Waals surface area contributed by atoms with Gasteiger partial charge in [0, 0.05) is 13.1 Å².